The molecule has 1 fully saturated rings. The number of ether oxygens (including phenoxy) is 1. The van der Waals surface area contributed by atoms with Crippen molar-refractivity contribution in [3.8, 4) is 5.75 Å². The molecular formula is C17H18Cl3N3O2. The Hall–Kier alpha value is -1.43. The number of hydrogen-bond donors (Lipinski definition) is 0. The number of aromatic nitrogens is 1. The number of para-hydroxylation sites is 1. The molecule has 0 radical (unpaired) electrons. The van der Waals surface area contributed by atoms with Crippen molar-refractivity contribution in [2.75, 3.05) is 38.2 Å². The fourth-order valence-corrected chi connectivity index (χ4v) is 3.38. The lowest BCUT2D eigenvalue weighted by molar-refractivity contribution is -0.130. The van der Waals surface area contributed by atoms with Crippen LogP contribution in [0.15, 0.2) is 24.3 Å². The third-order valence-corrected chi connectivity index (χ3v) is 4.83. The Balaban J connectivity index is 1.83. The molecule has 25 heavy (non-hydrogen) atoms. The monoisotopic (exact) mass is 401 g/mol. The fourth-order valence-electron chi connectivity index (χ4n) is 3.02. The lowest BCUT2D eigenvalue weighted by atomic mass is 10.1. The highest BCUT2D eigenvalue weighted by molar-refractivity contribution is 6.76. The van der Waals surface area contributed by atoms with Gasteiger partial charge in [-0.15, -0.1) is 0 Å². The van der Waals surface area contributed by atoms with Gasteiger partial charge in [0.2, 0.25) is 0 Å². The van der Waals surface area contributed by atoms with Crippen LogP contribution >= 0.6 is 34.8 Å². The highest BCUT2D eigenvalue weighted by Crippen LogP contribution is 2.31. The standard InChI is InChI=1S/C17H18Cl3N3O2/c1-11-10-14(21-15-12(11)4-3-5-13(15)25-2)22-6-8-23(9-7-22)16(24)17(18,19)20/h3-5,10H,6-9H2,1-2H3. The topological polar surface area (TPSA) is 45.7 Å². The number of amides is 1. The highest BCUT2D eigenvalue weighted by Gasteiger charge is 2.36. The molecule has 1 aromatic heterocycles. The second-order valence-corrected chi connectivity index (χ2v) is 8.21. The summed E-state index contributed by atoms with van der Waals surface area (Å²) in [5.41, 5.74) is 1.96. The van der Waals surface area contributed by atoms with Crippen LogP contribution in [-0.4, -0.2) is 52.9 Å². The zero-order chi connectivity index (χ0) is 18.2. The minimum atomic E-state index is -1.91. The van der Waals surface area contributed by atoms with Crippen LogP contribution < -0.4 is 9.64 Å². The SMILES string of the molecule is COc1cccc2c(C)cc(N3CCN(C(=O)C(Cl)(Cl)Cl)CC3)nc12. The summed E-state index contributed by atoms with van der Waals surface area (Å²) in [6, 6.07) is 7.93. The molecule has 1 amide bonds. The number of carbonyl (C=O) groups excluding carboxylic acids is 1. The summed E-state index contributed by atoms with van der Waals surface area (Å²) in [5, 5.41) is 1.06. The predicted octanol–water partition coefficient (Wildman–Crippen LogP) is 3.57. The van der Waals surface area contributed by atoms with Crippen LogP contribution in [0, 0.1) is 6.92 Å². The molecule has 3 rings (SSSR count). The van der Waals surface area contributed by atoms with Crippen LogP contribution in [0.5, 0.6) is 5.75 Å². The van der Waals surface area contributed by atoms with E-state index in [1.54, 1.807) is 12.0 Å². The van der Waals surface area contributed by atoms with Gasteiger partial charge in [-0.2, -0.15) is 0 Å². The average molecular weight is 403 g/mol. The number of fused-ring (bicyclic) bond motifs is 1. The molecule has 1 aliphatic heterocycles. The Labute approximate surface area is 161 Å². The molecule has 2 heterocycles. The summed E-state index contributed by atoms with van der Waals surface area (Å²) < 4.78 is 3.52. The van der Waals surface area contributed by atoms with Crippen LogP contribution in [0.25, 0.3) is 10.9 Å². The first-order valence-corrected chi connectivity index (χ1v) is 9.00. The lowest BCUT2D eigenvalue weighted by Crippen LogP contribution is -2.52. The number of carbonyl (C=O) groups is 1. The second kappa shape index (κ2) is 7.06. The highest BCUT2D eigenvalue weighted by atomic mass is 35.6. The zero-order valence-corrected chi connectivity index (χ0v) is 16.2. The molecule has 0 N–H and O–H groups in total. The number of aryl methyl sites for hydroxylation is 1. The van der Waals surface area contributed by atoms with E-state index in [1.807, 2.05) is 24.3 Å². The van der Waals surface area contributed by atoms with Crippen LogP contribution in [0.2, 0.25) is 0 Å². The molecule has 1 saturated heterocycles. The van der Waals surface area contributed by atoms with E-state index in [1.165, 1.54) is 0 Å². The Bertz CT molecular complexity index is 800. The third-order valence-electron chi connectivity index (χ3n) is 4.35. The van der Waals surface area contributed by atoms with Crippen LogP contribution in [0.3, 0.4) is 0 Å². The van der Waals surface area contributed by atoms with E-state index in [9.17, 15) is 4.79 Å². The molecule has 2 aromatic rings. The van der Waals surface area contributed by atoms with E-state index in [0.29, 0.717) is 26.2 Å². The molecule has 8 heteroatoms. The molecule has 0 bridgehead atoms. The number of halogens is 3. The first-order chi connectivity index (χ1) is 11.8. The van der Waals surface area contributed by atoms with E-state index in [2.05, 4.69) is 11.8 Å². The van der Waals surface area contributed by atoms with E-state index < -0.39 is 9.70 Å². The summed E-state index contributed by atoms with van der Waals surface area (Å²) in [4.78, 5) is 20.5. The molecule has 0 aliphatic carbocycles. The van der Waals surface area contributed by atoms with Gasteiger partial charge in [-0.25, -0.2) is 4.98 Å². The summed E-state index contributed by atoms with van der Waals surface area (Å²) in [5.74, 6) is 1.12. The predicted molar refractivity (Wildman–Crippen MR) is 102 cm³/mol. The molecule has 0 saturated carbocycles. The van der Waals surface area contributed by atoms with Gasteiger partial charge in [-0.1, -0.05) is 46.9 Å². The van der Waals surface area contributed by atoms with E-state index in [4.69, 9.17) is 44.5 Å². The lowest BCUT2D eigenvalue weighted by Gasteiger charge is -2.36. The average Bonchev–Trinajstić information content (AvgIpc) is 2.60. The first kappa shape index (κ1) is 18.4. The molecule has 5 nitrogen and oxygen atoms in total. The molecule has 0 unspecified atom stereocenters. The van der Waals surface area contributed by atoms with Gasteiger partial charge in [0.25, 0.3) is 9.70 Å². The third kappa shape index (κ3) is 3.73. The van der Waals surface area contributed by atoms with Crippen molar-refractivity contribution in [1.29, 1.82) is 0 Å². The molecule has 1 aliphatic rings. The number of alkyl halides is 3. The van der Waals surface area contributed by atoms with Gasteiger partial charge >= 0.3 is 0 Å². The summed E-state index contributed by atoms with van der Waals surface area (Å²) in [6.45, 7) is 4.27. The van der Waals surface area contributed by atoms with Crippen LogP contribution in [0.4, 0.5) is 5.82 Å². The van der Waals surface area contributed by atoms with E-state index in [-0.39, 0.29) is 0 Å². The molecular weight excluding hydrogens is 385 g/mol. The minimum absolute atomic E-state index is 0.484. The second-order valence-electron chi connectivity index (χ2n) is 5.93. The van der Waals surface area contributed by atoms with Gasteiger partial charge in [0.15, 0.2) is 0 Å². The van der Waals surface area contributed by atoms with Gasteiger partial charge in [-0.05, 0) is 24.6 Å². The summed E-state index contributed by atoms with van der Waals surface area (Å²) in [6.07, 6.45) is 0. The van der Waals surface area contributed by atoms with Gasteiger partial charge in [-0.3, -0.25) is 4.79 Å². The number of piperazine rings is 1. The fraction of sp³-hybridized carbons (Fsp3) is 0.412. The van der Waals surface area contributed by atoms with Crippen LogP contribution in [0.1, 0.15) is 5.56 Å². The summed E-state index contributed by atoms with van der Waals surface area (Å²) >= 11 is 17.1. The van der Waals surface area contributed by atoms with Crippen molar-refractivity contribution in [1.82, 2.24) is 9.88 Å². The van der Waals surface area contributed by atoms with Crippen molar-refractivity contribution in [2.24, 2.45) is 0 Å². The van der Waals surface area contributed by atoms with Crippen molar-refractivity contribution in [3.63, 3.8) is 0 Å². The number of rotatable bonds is 2. The van der Waals surface area contributed by atoms with Crippen molar-refractivity contribution >= 4 is 57.4 Å². The number of methoxy groups -OCH3 is 1. The van der Waals surface area contributed by atoms with Crippen molar-refractivity contribution in [2.45, 2.75) is 10.7 Å². The number of nitrogens with zero attached hydrogens (tertiary/aromatic N) is 3. The largest absolute Gasteiger partial charge is 0.494 e. The van der Waals surface area contributed by atoms with Gasteiger partial charge in [0.05, 0.1) is 7.11 Å². The molecule has 1 aromatic carbocycles. The number of anilines is 1. The molecule has 0 spiro atoms. The Morgan fingerprint density at radius 3 is 2.48 bits per heavy atom. The number of pyridine rings is 1. The zero-order valence-electron chi connectivity index (χ0n) is 13.9. The number of benzene rings is 1. The Morgan fingerprint density at radius 2 is 1.88 bits per heavy atom. The van der Waals surface area contributed by atoms with E-state index in [0.717, 1.165) is 28.0 Å². The van der Waals surface area contributed by atoms with Gasteiger partial charge < -0.3 is 14.5 Å². The maximum atomic E-state index is 12.1. The molecule has 0 atom stereocenters. The van der Waals surface area contributed by atoms with Gasteiger partial charge in [0.1, 0.15) is 17.1 Å². The number of hydrogen-bond acceptors (Lipinski definition) is 4. The first-order valence-electron chi connectivity index (χ1n) is 7.86. The minimum Gasteiger partial charge on any atom is -0.494 e. The smallest absolute Gasteiger partial charge is 0.274 e. The quantitative estimate of drug-likeness (QED) is 0.721. The Kier molecular flexibility index (Phi) is 5.19. The summed E-state index contributed by atoms with van der Waals surface area (Å²) in [7, 11) is 1.64. The maximum absolute atomic E-state index is 12.1. The maximum Gasteiger partial charge on any atom is 0.274 e. The van der Waals surface area contributed by atoms with Crippen molar-refractivity contribution in [3.05, 3.63) is 29.8 Å². The van der Waals surface area contributed by atoms with Crippen LogP contribution in [-0.2, 0) is 4.79 Å². The van der Waals surface area contributed by atoms with Crippen molar-refractivity contribution < 1.29 is 9.53 Å². The van der Waals surface area contributed by atoms with Gasteiger partial charge in [0, 0.05) is 31.6 Å². The van der Waals surface area contributed by atoms with E-state index >= 15 is 0 Å². The molecule has 134 valence electrons. The normalized spacial score (nSPS) is 15.6. The Morgan fingerprint density at radius 1 is 1.20 bits per heavy atom.